The van der Waals surface area contributed by atoms with E-state index in [1.807, 2.05) is 18.2 Å². The average molecular weight is 441 g/mol. The van der Waals surface area contributed by atoms with Crippen LogP contribution >= 0.6 is 11.6 Å². The summed E-state index contributed by atoms with van der Waals surface area (Å²) in [5.41, 5.74) is 3.50. The number of piperidine rings is 1. The maximum absolute atomic E-state index is 13.4. The fourth-order valence-electron chi connectivity index (χ4n) is 4.50. The number of anilines is 2. The van der Waals surface area contributed by atoms with Crippen LogP contribution in [0.5, 0.6) is 5.75 Å². The first-order chi connectivity index (χ1) is 15.0. The lowest BCUT2D eigenvalue weighted by Crippen LogP contribution is -2.51. The smallest absolute Gasteiger partial charge is 0.321 e. The maximum atomic E-state index is 13.4. The van der Waals surface area contributed by atoms with E-state index >= 15 is 0 Å². The number of hydrogen-bond donors (Lipinski definition) is 2. The summed E-state index contributed by atoms with van der Waals surface area (Å²) in [5.74, 6) is 0.287. The number of fused-ring (bicyclic) bond motifs is 4. The summed E-state index contributed by atoms with van der Waals surface area (Å²) in [6, 6.07) is 14.2. The van der Waals surface area contributed by atoms with Gasteiger partial charge in [0.25, 0.3) is 0 Å². The molecule has 2 N–H and O–H groups in total. The first-order valence-electron chi connectivity index (χ1n) is 10.1. The molecular weight excluding hydrogens is 419 g/mol. The monoisotopic (exact) mass is 440 g/mol. The number of benzene rings is 2. The molecule has 0 bridgehead atoms. The van der Waals surface area contributed by atoms with Gasteiger partial charge in [0.1, 0.15) is 11.6 Å². The normalized spacial score (nSPS) is 16.3. The molecule has 5 rings (SSSR count). The number of hydrogen-bond acceptors (Lipinski definition) is 3. The van der Waals surface area contributed by atoms with Gasteiger partial charge in [-0.05, 0) is 55.3 Å². The molecule has 0 unspecified atom stereocenters. The van der Waals surface area contributed by atoms with Crippen LogP contribution in [0.2, 0.25) is 5.02 Å². The summed E-state index contributed by atoms with van der Waals surface area (Å²) in [6.07, 6.45) is 3.58. The predicted octanol–water partition coefficient (Wildman–Crippen LogP) is 5.23. The lowest BCUT2D eigenvalue weighted by molar-refractivity contribution is 0.174. The Morgan fingerprint density at radius 3 is 2.74 bits per heavy atom. The molecule has 1 spiro atoms. The van der Waals surface area contributed by atoms with Crippen LogP contribution in [0.15, 0.2) is 54.7 Å². The van der Waals surface area contributed by atoms with Gasteiger partial charge in [-0.2, -0.15) is 0 Å². The van der Waals surface area contributed by atoms with Crippen LogP contribution in [0.4, 0.5) is 20.6 Å². The Balaban J connectivity index is 1.34. The molecule has 160 valence electrons. The summed E-state index contributed by atoms with van der Waals surface area (Å²) in [6.45, 7) is 1.16. The highest BCUT2D eigenvalue weighted by atomic mass is 35.5. The van der Waals surface area contributed by atoms with Crippen LogP contribution in [0.1, 0.15) is 18.5 Å². The minimum Gasteiger partial charge on any atom is -0.497 e. The topological polar surface area (TPSA) is 58.5 Å². The number of nitrogens with zero attached hydrogens (tertiary/aromatic N) is 2. The number of carbonyl (C=O) groups excluding carboxylic acids is 1. The third kappa shape index (κ3) is 3.39. The summed E-state index contributed by atoms with van der Waals surface area (Å²) in [4.78, 5) is 14.5. The fourth-order valence-corrected chi connectivity index (χ4v) is 4.68. The highest BCUT2D eigenvalue weighted by Gasteiger charge is 2.42. The van der Waals surface area contributed by atoms with Gasteiger partial charge in [0.05, 0.1) is 29.0 Å². The molecule has 0 aliphatic carbocycles. The van der Waals surface area contributed by atoms with Crippen molar-refractivity contribution >= 4 is 29.0 Å². The third-order valence-corrected chi connectivity index (χ3v) is 6.44. The second-order valence-corrected chi connectivity index (χ2v) is 8.31. The highest BCUT2D eigenvalue weighted by molar-refractivity contribution is 6.31. The molecule has 1 aromatic heterocycles. The summed E-state index contributed by atoms with van der Waals surface area (Å²) in [7, 11) is 1.66. The van der Waals surface area contributed by atoms with Crippen LogP contribution < -0.4 is 15.4 Å². The fraction of sp³-hybridized carbons (Fsp3) is 0.261. The largest absolute Gasteiger partial charge is 0.497 e. The van der Waals surface area contributed by atoms with Crippen LogP contribution in [0.25, 0.3) is 5.69 Å². The molecule has 0 atom stereocenters. The molecule has 2 amide bonds. The second kappa shape index (κ2) is 7.50. The van der Waals surface area contributed by atoms with Gasteiger partial charge >= 0.3 is 6.03 Å². The van der Waals surface area contributed by atoms with E-state index in [9.17, 15) is 9.18 Å². The van der Waals surface area contributed by atoms with Crippen molar-refractivity contribution in [3.63, 3.8) is 0 Å². The van der Waals surface area contributed by atoms with Crippen molar-refractivity contribution in [2.45, 2.75) is 18.4 Å². The number of amides is 2. The molecule has 6 nitrogen and oxygen atoms in total. The van der Waals surface area contributed by atoms with Crippen molar-refractivity contribution in [3.8, 4) is 11.4 Å². The molecule has 1 saturated heterocycles. The van der Waals surface area contributed by atoms with E-state index in [1.165, 1.54) is 23.9 Å². The number of carbonyl (C=O) groups is 1. The summed E-state index contributed by atoms with van der Waals surface area (Å²) >= 11 is 5.82. The van der Waals surface area contributed by atoms with Crippen molar-refractivity contribution in [2.24, 2.45) is 0 Å². The molecule has 1 fully saturated rings. The van der Waals surface area contributed by atoms with E-state index in [0.717, 1.165) is 30.0 Å². The Morgan fingerprint density at radius 1 is 1.19 bits per heavy atom. The number of urea groups is 1. The molecule has 31 heavy (non-hydrogen) atoms. The molecule has 2 aromatic carbocycles. The molecule has 3 aromatic rings. The Labute approximate surface area is 184 Å². The van der Waals surface area contributed by atoms with Gasteiger partial charge in [0, 0.05) is 36.7 Å². The molecule has 2 aliphatic heterocycles. The first-order valence-corrected chi connectivity index (χ1v) is 10.5. The standard InChI is InChI=1S/C23H22ClFN4O2/c1-31-16-5-7-20-19(14-16)27-23(21-3-2-10-29(20)21)8-11-28(12-9-23)22(30)26-15-4-6-18(25)17(24)13-15/h2-7,10,13-14,27H,8-9,11-12H2,1H3,(H,26,30). The van der Waals surface area contributed by atoms with E-state index in [0.29, 0.717) is 18.8 Å². The zero-order valence-corrected chi connectivity index (χ0v) is 17.7. The first kappa shape index (κ1) is 19.8. The van der Waals surface area contributed by atoms with E-state index < -0.39 is 5.82 Å². The van der Waals surface area contributed by atoms with Crippen molar-refractivity contribution in [2.75, 3.05) is 30.8 Å². The van der Waals surface area contributed by atoms with Gasteiger partial charge in [-0.3, -0.25) is 0 Å². The van der Waals surface area contributed by atoms with Crippen LogP contribution in [-0.2, 0) is 5.54 Å². The SMILES string of the molecule is COc1ccc2c(c1)NC1(CCN(C(=O)Nc3ccc(F)c(Cl)c3)CC1)c1cccn1-2. The van der Waals surface area contributed by atoms with Crippen LogP contribution in [-0.4, -0.2) is 35.7 Å². The quantitative estimate of drug-likeness (QED) is 0.574. The highest BCUT2D eigenvalue weighted by Crippen LogP contribution is 2.44. The number of rotatable bonds is 2. The molecule has 8 heteroatoms. The van der Waals surface area contributed by atoms with Crippen LogP contribution in [0.3, 0.4) is 0 Å². The van der Waals surface area contributed by atoms with Crippen molar-refractivity contribution < 1.29 is 13.9 Å². The van der Waals surface area contributed by atoms with E-state index in [1.54, 1.807) is 12.0 Å². The van der Waals surface area contributed by atoms with Gasteiger partial charge in [-0.25, -0.2) is 9.18 Å². The number of likely N-dealkylation sites (tertiary alicyclic amines) is 1. The van der Waals surface area contributed by atoms with Crippen LogP contribution in [0, 0.1) is 5.82 Å². The summed E-state index contributed by atoms with van der Waals surface area (Å²) in [5, 5.41) is 6.53. The predicted molar refractivity (Wildman–Crippen MR) is 119 cm³/mol. The minimum atomic E-state index is -0.511. The van der Waals surface area contributed by atoms with Crippen molar-refractivity contribution in [1.82, 2.24) is 9.47 Å². The minimum absolute atomic E-state index is 0.0170. The third-order valence-electron chi connectivity index (χ3n) is 6.15. The lowest BCUT2D eigenvalue weighted by atomic mass is 9.82. The van der Waals surface area contributed by atoms with Gasteiger partial charge in [0.15, 0.2) is 0 Å². The van der Waals surface area contributed by atoms with Crippen molar-refractivity contribution in [3.05, 3.63) is 71.3 Å². The van der Waals surface area contributed by atoms with E-state index in [-0.39, 0.29) is 16.6 Å². The Bertz CT molecular complexity index is 1150. The zero-order chi connectivity index (χ0) is 21.6. The number of ether oxygens (including phenoxy) is 1. The second-order valence-electron chi connectivity index (χ2n) is 7.90. The Hall–Kier alpha value is -3.19. The summed E-state index contributed by atoms with van der Waals surface area (Å²) < 4.78 is 21.0. The van der Waals surface area contributed by atoms with Gasteiger partial charge in [0.2, 0.25) is 0 Å². The average Bonchev–Trinajstić information content (AvgIpc) is 3.28. The molecular formula is C23H22ClFN4O2. The number of halogens is 2. The van der Waals surface area contributed by atoms with E-state index in [4.69, 9.17) is 16.3 Å². The molecule has 0 radical (unpaired) electrons. The van der Waals surface area contributed by atoms with Gasteiger partial charge < -0.3 is 24.8 Å². The van der Waals surface area contributed by atoms with Gasteiger partial charge in [-0.1, -0.05) is 11.6 Å². The Morgan fingerprint density at radius 2 is 2.00 bits per heavy atom. The van der Waals surface area contributed by atoms with Gasteiger partial charge in [-0.15, -0.1) is 0 Å². The molecule has 0 saturated carbocycles. The molecule has 3 heterocycles. The zero-order valence-electron chi connectivity index (χ0n) is 17.0. The van der Waals surface area contributed by atoms with E-state index in [2.05, 4.69) is 33.5 Å². The number of aromatic nitrogens is 1. The van der Waals surface area contributed by atoms with Crippen molar-refractivity contribution in [1.29, 1.82) is 0 Å². The maximum Gasteiger partial charge on any atom is 0.321 e. The number of nitrogens with one attached hydrogen (secondary N) is 2. The Kier molecular flexibility index (Phi) is 4.78. The number of methoxy groups -OCH3 is 1. The lowest BCUT2D eigenvalue weighted by Gasteiger charge is -2.46. The molecule has 2 aliphatic rings.